The van der Waals surface area contributed by atoms with Crippen LogP contribution >= 0.6 is 0 Å². The Labute approximate surface area is 165 Å². The average Bonchev–Trinajstić information content (AvgIpc) is 3.14. The molecule has 0 aliphatic rings. The first-order chi connectivity index (χ1) is 13.7. The van der Waals surface area contributed by atoms with Gasteiger partial charge in [-0.05, 0) is 24.1 Å². The molecule has 28 heavy (non-hydrogen) atoms. The lowest BCUT2D eigenvalue weighted by molar-refractivity contribution is -0.121. The Morgan fingerprint density at radius 2 is 2.04 bits per heavy atom. The summed E-state index contributed by atoms with van der Waals surface area (Å²) in [5, 5.41) is 19.4. The summed E-state index contributed by atoms with van der Waals surface area (Å²) in [5.41, 5.74) is 4.78. The first-order valence-electron chi connectivity index (χ1n) is 9.33. The molecule has 0 radical (unpaired) electrons. The molecule has 3 aromatic rings. The molecule has 3 rings (SSSR count). The molecule has 0 spiro atoms. The van der Waals surface area contributed by atoms with Crippen molar-refractivity contribution in [2.45, 2.75) is 33.2 Å². The van der Waals surface area contributed by atoms with Crippen LogP contribution in [0.25, 0.3) is 10.9 Å². The van der Waals surface area contributed by atoms with Gasteiger partial charge in [-0.25, -0.2) is 5.43 Å². The lowest BCUT2D eigenvalue weighted by atomic mass is 10.1. The van der Waals surface area contributed by atoms with E-state index in [1.165, 1.54) is 6.21 Å². The molecule has 1 heterocycles. The van der Waals surface area contributed by atoms with Gasteiger partial charge in [-0.3, -0.25) is 9.48 Å². The minimum atomic E-state index is -0.220. The number of nitrogens with zero attached hydrogens (tertiary/aromatic N) is 3. The van der Waals surface area contributed by atoms with Gasteiger partial charge >= 0.3 is 0 Å². The molecule has 0 unspecified atom stereocenters. The predicted octanol–water partition coefficient (Wildman–Crippen LogP) is 4.04. The number of para-hydroxylation sites is 2. The third-order valence-corrected chi connectivity index (χ3v) is 4.01. The molecule has 0 atom stereocenters. The standard InChI is InChI=1S/C20H20N4O2.C2H6/c1-2-6-15-8-5-9-17(20(15)26)13-21-23-19(25)11-12-24-18-10-4-3-7-16(18)14-22-24;1-2/h2-5,7-10,13-14,26H,1,6,11-12H2,(H,23,25);1-2H3/b21-13+;. The fourth-order valence-electron chi connectivity index (χ4n) is 2.68. The van der Waals surface area contributed by atoms with Crippen LogP contribution in [0.4, 0.5) is 0 Å². The molecule has 2 aromatic carbocycles. The Kier molecular flexibility index (Phi) is 7.96. The van der Waals surface area contributed by atoms with E-state index in [-0.39, 0.29) is 18.1 Å². The second kappa shape index (κ2) is 10.7. The third kappa shape index (κ3) is 5.30. The van der Waals surface area contributed by atoms with Gasteiger partial charge in [0.1, 0.15) is 5.75 Å². The number of amides is 1. The van der Waals surface area contributed by atoms with Gasteiger partial charge < -0.3 is 5.11 Å². The monoisotopic (exact) mass is 378 g/mol. The smallest absolute Gasteiger partial charge is 0.241 e. The fourth-order valence-corrected chi connectivity index (χ4v) is 2.68. The fraction of sp³-hybridized carbons (Fsp3) is 0.227. The van der Waals surface area contributed by atoms with Crippen LogP contribution in [0.5, 0.6) is 5.75 Å². The minimum Gasteiger partial charge on any atom is -0.507 e. The number of aromatic hydroxyl groups is 1. The van der Waals surface area contributed by atoms with Crippen molar-refractivity contribution in [3.05, 3.63) is 72.4 Å². The van der Waals surface area contributed by atoms with Crippen LogP contribution in [0, 0.1) is 0 Å². The van der Waals surface area contributed by atoms with Crippen LogP contribution in [0.3, 0.4) is 0 Å². The van der Waals surface area contributed by atoms with Crippen molar-refractivity contribution in [2.75, 3.05) is 0 Å². The average molecular weight is 378 g/mol. The van der Waals surface area contributed by atoms with E-state index in [0.717, 1.165) is 16.5 Å². The third-order valence-electron chi connectivity index (χ3n) is 4.01. The Bertz CT molecular complexity index is 960. The van der Waals surface area contributed by atoms with Crippen LogP contribution in [-0.4, -0.2) is 27.0 Å². The van der Waals surface area contributed by atoms with Gasteiger partial charge in [0.25, 0.3) is 0 Å². The number of hydrazone groups is 1. The van der Waals surface area contributed by atoms with E-state index < -0.39 is 0 Å². The molecule has 1 aromatic heterocycles. The van der Waals surface area contributed by atoms with Crippen molar-refractivity contribution in [1.29, 1.82) is 0 Å². The molecule has 6 nitrogen and oxygen atoms in total. The van der Waals surface area contributed by atoms with Crippen molar-refractivity contribution >= 4 is 23.0 Å². The molecule has 0 fully saturated rings. The molecule has 0 aliphatic heterocycles. The summed E-state index contributed by atoms with van der Waals surface area (Å²) in [6.07, 6.45) is 5.76. The number of aryl methyl sites for hydroxylation is 1. The van der Waals surface area contributed by atoms with E-state index in [2.05, 4.69) is 22.2 Å². The summed E-state index contributed by atoms with van der Waals surface area (Å²) in [6.45, 7) is 8.13. The van der Waals surface area contributed by atoms with E-state index >= 15 is 0 Å². The second-order valence-corrected chi connectivity index (χ2v) is 5.82. The maximum absolute atomic E-state index is 12.0. The maximum atomic E-state index is 12.0. The van der Waals surface area contributed by atoms with Gasteiger partial charge in [0.15, 0.2) is 0 Å². The number of fused-ring (bicyclic) bond motifs is 1. The van der Waals surface area contributed by atoms with Crippen molar-refractivity contribution in [2.24, 2.45) is 5.10 Å². The van der Waals surface area contributed by atoms with Crippen LogP contribution in [0.15, 0.2) is 66.4 Å². The molecule has 1 amide bonds. The molecule has 146 valence electrons. The van der Waals surface area contributed by atoms with E-state index in [1.54, 1.807) is 23.0 Å². The first kappa shape index (κ1) is 20.9. The first-order valence-corrected chi connectivity index (χ1v) is 9.33. The van der Waals surface area contributed by atoms with E-state index in [9.17, 15) is 9.90 Å². The second-order valence-electron chi connectivity index (χ2n) is 5.82. The Balaban J connectivity index is 0.00000136. The number of aromatic nitrogens is 2. The zero-order valence-electron chi connectivity index (χ0n) is 16.3. The van der Waals surface area contributed by atoms with Crippen molar-refractivity contribution < 1.29 is 9.90 Å². The summed E-state index contributed by atoms with van der Waals surface area (Å²) >= 11 is 0. The number of benzene rings is 2. The lowest BCUT2D eigenvalue weighted by Gasteiger charge is -2.05. The largest absolute Gasteiger partial charge is 0.507 e. The van der Waals surface area contributed by atoms with Gasteiger partial charge in [0, 0.05) is 17.4 Å². The molecule has 0 bridgehead atoms. The Hall–Kier alpha value is -3.41. The Morgan fingerprint density at radius 3 is 2.82 bits per heavy atom. The molecular weight excluding hydrogens is 352 g/mol. The molecule has 2 N–H and O–H groups in total. The van der Waals surface area contributed by atoms with Gasteiger partial charge in [0.05, 0.1) is 24.5 Å². The normalized spacial score (nSPS) is 10.5. The zero-order valence-corrected chi connectivity index (χ0v) is 16.3. The SMILES string of the molecule is C=CCc1cccc(/C=N/NC(=O)CCn2ncc3ccccc32)c1O.CC. The highest BCUT2D eigenvalue weighted by Gasteiger charge is 2.06. The maximum Gasteiger partial charge on any atom is 0.241 e. The van der Waals surface area contributed by atoms with Crippen molar-refractivity contribution in [1.82, 2.24) is 15.2 Å². The minimum absolute atomic E-state index is 0.147. The van der Waals surface area contributed by atoms with Crippen LogP contribution in [0.1, 0.15) is 31.4 Å². The highest BCUT2D eigenvalue weighted by Crippen LogP contribution is 2.21. The highest BCUT2D eigenvalue weighted by molar-refractivity contribution is 5.85. The van der Waals surface area contributed by atoms with E-state index in [4.69, 9.17) is 0 Å². The number of carbonyl (C=O) groups is 1. The van der Waals surface area contributed by atoms with Crippen molar-refractivity contribution in [3.63, 3.8) is 0 Å². The molecule has 0 saturated heterocycles. The van der Waals surface area contributed by atoms with Gasteiger partial charge in [-0.2, -0.15) is 10.2 Å². The number of rotatable bonds is 7. The summed E-state index contributed by atoms with van der Waals surface area (Å²) in [6, 6.07) is 13.2. The number of carbonyl (C=O) groups excluding carboxylic acids is 1. The summed E-state index contributed by atoms with van der Waals surface area (Å²) in [5.74, 6) is -0.0732. The van der Waals surface area contributed by atoms with E-state index in [1.807, 2.05) is 50.2 Å². The summed E-state index contributed by atoms with van der Waals surface area (Å²) < 4.78 is 1.79. The van der Waals surface area contributed by atoms with Crippen LogP contribution in [0.2, 0.25) is 0 Å². The highest BCUT2D eigenvalue weighted by atomic mass is 16.3. The molecule has 0 aliphatic carbocycles. The zero-order chi connectivity index (χ0) is 20.4. The van der Waals surface area contributed by atoms with Gasteiger partial charge in [-0.1, -0.05) is 50.3 Å². The van der Waals surface area contributed by atoms with Crippen LogP contribution < -0.4 is 5.43 Å². The van der Waals surface area contributed by atoms with Gasteiger partial charge in [-0.15, -0.1) is 6.58 Å². The number of hydrogen-bond acceptors (Lipinski definition) is 4. The van der Waals surface area contributed by atoms with Gasteiger partial charge in [0.2, 0.25) is 5.91 Å². The van der Waals surface area contributed by atoms with Crippen LogP contribution in [-0.2, 0) is 17.8 Å². The predicted molar refractivity (Wildman–Crippen MR) is 113 cm³/mol. The number of allylic oxidation sites excluding steroid dienone is 1. The Morgan fingerprint density at radius 1 is 1.25 bits per heavy atom. The van der Waals surface area contributed by atoms with Crippen molar-refractivity contribution in [3.8, 4) is 5.75 Å². The molecular formula is C22H26N4O2. The number of phenols is 1. The molecule has 6 heteroatoms. The number of phenolic OH excluding ortho intramolecular Hbond substituents is 1. The number of nitrogens with one attached hydrogen (secondary N) is 1. The lowest BCUT2D eigenvalue weighted by Crippen LogP contribution is -2.19. The van der Waals surface area contributed by atoms with E-state index in [0.29, 0.717) is 18.5 Å². The molecule has 0 saturated carbocycles. The number of hydrogen-bond donors (Lipinski definition) is 2. The topological polar surface area (TPSA) is 79.5 Å². The quantitative estimate of drug-likeness (QED) is 0.370. The summed E-state index contributed by atoms with van der Waals surface area (Å²) in [7, 11) is 0. The summed E-state index contributed by atoms with van der Waals surface area (Å²) in [4.78, 5) is 12.0.